The molecule has 6 nitrogen and oxygen atoms in total. The molecule has 6 heteroatoms. The van der Waals surface area contributed by atoms with Crippen LogP contribution < -0.4 is 10.6 Å². The van der Waals surface area contributed by atoms with Crippen molar-refractivity contribution in [3.05, 3.63) is 71.8 Å². The van der Waals surface area contributed by atoms with E-state index in [9.17, 15) is 19.5 Å². The molecule has 3 N–H and O–H groups in total. The molecular formula is C18H18N2O4. The van der Waals surface area contributed by atoms with E-state index in [2.05, 4.69) is 10.6 Å². The van der Waals surface area contributed by atoms with Crippen LogP contribution in [0.1, 0.15) is 27.1 Å². The van der Waals surface area contributed by atoms with Crippen molar-refractivity contribution >= 4 is 17.8 Å². The Balaban J connectivity index is 1.87. The van der Waals surface area contributed by atoms with Gasteiger partial charge >= 0.3 is 5.97 Å². The van der Waals surface area contributed by atoms with Crippen molar-refractivity contribution in [2.45, 2.75) is 12.5 Å². The van der Waals surface area contributed by atoms with Crippen molar-refractivity contribution in [1.82, 2.24) is 10.6 Å². The summed E-state index contributed by atoms with van der Waals surface area (Å²) in [7, 11) is 0. The second kappa shape index (κ2) is 8.47. The first-order valence-corrected chi connectivity index (χ1v) is 7.50. The minimum absolute atomic E-state index is 0.0898. The molecule has 0 saturated carbocycles. The van der Waals surface area contributed by atoms with Gasteiger partial charge in [-0.3, -0.25) is 9.59 Å². The van der Waals surface area contributed by atoms with Crippen LogP contribution in [0.3, 0.4) is 0 Å². The molecule has 2 aromatic carbocycles. The molecule has 0 fully saturated rings. The predicted molar refractivity (Wildman–Crippen MR) is 88.7 cm³/mol. The van der Waals surface area contributed by atoms with Gasteiger partial charge in [0.15, 0.2) is 0 Å². The number of carbonyl (C=O) groups is 3. The largest absolute Gasteiger partial charge is 0.480 e. The van der Waals surface area contributed by atoms with Crippen LogP contribution in [0.4, 0.5) is 0 Å². The van der Waals surface area contributed by atoms with E-state index in [4.69, 9.17) is 0 Å². The Kier molecular flexibility index (Phi) is 6.08. The minimum atomic E-state index is -1.15. The minimum Gasteiger partial charge on any atom is -0.480 e. The van der Waals surface area contributed by atoms with Crippen molar-refractivity contribution in [2.75, 3.05) is 6.54 Å². The monoisotopic (exact) mass is 326 g/mol. The molecule has 0 heterocycles. The van der Waals surface area contributed by atoms with E-state index >= 15 is 0 Å². The highest BCUT2D eigenvalue weighted by atomic mass is 16.4. The van der Waals surface area contributed by atoms with E-state index in [0.717, 1.165) is 0 Å². The van der Waals surface area contributed by atoms with E-state index in [0.29, 0.717) is 11.1 Å². The Bertz CT molecular complexity index is 701. The molecule has 0 aromatic heterocycles. The summed E-state index contributed by atoms with van der Waals surface area (Å²) in [6.45, 7) is 0.139. The Morgan fingerprint density at radius 2 is 1.33 bits per heavy atom. The van der Waals surface area contributed by atoms with E-state index in [1.165, 1.54) is 0 Å². The standard InChI is InChI=1S/C18H18N2O4/c21-16(13-7-3-1-4-8-13)19-12-11-15(18(23)24)20-17(22)14-9-5-2-6-10-14/h1-10,15H,11-12H2,(H,19,21)(H,20,22)(H,23,24)/t15-/m1/s1. The zero-order valence-corrected chi connectivity index (χ0v) is 12.9. The maximum Gasteiger partial charge on any atom is 0.326 e. The van der Waals surface area contributed by atoms with Gasteiger partial charge in [-0.15, -0.1) is 0 Å². The van der Waals surface area contributed by atoms with Crippen LogP contribution >= 0.6 is 0 Å². The predicted octanol–water partition coefficient (Wildman–Crippen LogP) is 1.69. The van der Waals surface area contributed by atoms with Gasteiger partial charge in [-0.2, -0.15) is 0 Å². The summed E-state index contributed by atoms with van der Waals surface area (Å²) in [4.78, 5) is 35.2. The number of carbonyl (C=O) groups excluding carboxylic acids is 2. The van der Waals surface area contributed by atoms with E-state index < -0.39 is 17.9 Å². The average Bonchev–Trinajstić information content (AvgIpc) is 2.62. The quantitative estimate of drug-likeness (QED) is 0.721. The molecule has 2 aromatic rings. The summed E-state index contributed by atoms with van der Waals surface area (Å²) in [6.07, 6.45) is 0.0898. The van der Waals surface area contributed by atoms with Crippen LogP contribution in [0, 0.1) is 0 Å². The van der Waals surface area contributed by atoms with Crippen molar-refractivity contribution < 1.29 is 19.5 Å². The number of carboxylic acid groups (broad SMARTS) is 1. The summed E-state index contributed by atoms with van der Waals surface area (Å²) in [5, 5.41) is 14.3. The number of rotatable bonds is 7. The highest BCUT2D eigenvalue weighted by Gasteiger charge is 2.20. The van der Waals surface area contributed by atoms with Crippen molar-refractivity contribution in [3.8, 4) is 0 Å². The van der Waals surface area contributed by atoms with Gasteiger partial charge < -0.3 is 15.7 Å². The Morgan fingerprint density at radius 3 is 1.83 bits per heavy atom. The van der Waals surface area contributed by atoms with Crippen LogP contribution in [-0.2, 0) is 4.79 Å². The van der Waals surface area contributed by atoms with Crippen LogP contribution in [0.25, 0.3) is 0 Å². The smallest absolute Gasteiger partial charge is 0.326 e. The fraction of sp³-hybridized carbons (Fsp3) is 0.167. The lowest BCUT2D eigenvalue weighted by atomic mass is 10.1. The van der Waals surface area contributed by atoms with Gasteiger partial charge in [-0.1, -0.05) is 36.4 Å². The molecule has 124 valence electrons. The van der Waals surface area contributed by atoms with E-state index in [-0.39, 0.29) is 18.9 Å². The molecule has 0 radical (unpaired) electrons. The number of hydrogen-bond donors (Lipinski definition) is 3. The molecule has 1 atom stereocenters. The number of aliphatic carboxylic acids is 1. The number of amides is 2. The fourth-order valence-electron chi connectivity index (χ4n) is 2.11. The lowest BCUT2D eigenvalue weighted by Crippen LogP contribution is -2.43. The number of hydrogen-bond acceptors (Lipinski definition) is 3. The third-order valence-corrected chi connectivity index (χ3v) is 3.39. The van der Waals surface area contributed by atoms with Gasteiger partial charge in [-0.05, 0) is 30.7 Å². The zero-order chi connectivity index (χ0) is 17.4. The topological polar surface area (TPSA) is 95.5 Å². The van der Waals surface area contributed by atoms with E-state index in [1.54, 1.807) is 60.7 Å². The normalized spacial score (nSPS) is 11.3. The summed E-state index contributed by atoms with van der Waals surface area (Å²) in [6, 6.07) is 15.9. The highest BCUT2D eigenvalue weighted by molar-refractivity contribution is 5.96. The summed E-state index contributed by atoms with van der Waals surface area (Å²) < 4.78 is 0. The molecule has 0 aliphatic heterocycles. The van der Waals surface area contributed by atoms with Gasteiger partial charge in [0.2, 0.25) is 0 Å². The third kappa shape index (κ3) is 4.95. The van der Waals surface area contributed by atoms with Crippen LogP contribution in [0.5, 0.6) is 0 Å². The second-order valence-electron chi connectivity index (χ2n) is 5.14. The van der Waals surface area contributed by atoms with Crippen LogP contribution in [-0.4, -0.2) is 35.5 Å². The number of carboxylic acids is 1. The molecule has 0 aliphatic carbocycles. The SMILES string of the molecule is O=C(NCC[C@@H](NC(=O)c1ccccc1)C(=O)O)c1ccccc1. The Labute approximate surface area is 139 Å². The molecule has 24 heavy (non-hydrogen) atoms. The number of nitrogens with one attached hydrogen (secondary N) is 2. The fourth-order valence-corrected chi connectivity index (χ4v) is 2.11. The molecule has 0 aliphatic rings. The van der Waals surface area contributed by atoms with Gasteiger partial charge in [-0.25, -0.2) is 4.79 Å². The molecule has 0 spiro atoms. The Hall–Kier alpha value is -3.15. The van der Waals surface area contributed by atoms with Crippen molar-refractivity contribution in [2.24, 2.45) is 0 Å². The van der Waals surface area contributed by atoms with Crippen LogP contribution in [0.15, 0.2) is 60.7 Å². The molecule has 2 rings (SSSR count). The van der Waals surface area contributed by atoms with E-state index in [1.807, 2.05) is 0 Å². The van der Waals surface area contributed by atoms with Crippen molar-refractivity contribution in [3.63, 3.8) is 0 Å². The maximum absolute atomic E-state index is 12.0. The van der Waals surface area contributed by atoms with Gasteiger partial charge in [0, 0.05) is 17.7 Å². The first kappa shape index (κ1) is 17.2. The summed E-state index contributed by atoms with van der Waals surface area (Å²) in [5.41, 5.74) is 0.884. The lowest BCUT2D eigenvalue weighted by Gasteiger charge is -2.15. The second-order valence-corrected chi connectivity index (χ2v) is 5.14. The molecule has 0 saturated heterocycles. The molecule has 0 unspecified atom stereocenters. The molecule has 0 bridgehead atoms. The maximum atomic E-state index is 12.0. The van der Waals surface area contributed by atoms with Gasteiger partial charge in [0.25, 0.3) is 11.8 Å². The summed E-state index contributed by atoms with van der Waals surface area (Å²) >= 11 is 0. The Morgan fingerprint density at radius 1 is 0.833 bits per heavy atom. The first-order valence-electron chi connectivity index (χ1n) is 7.50. The summed E-state index contributed by atoms with van der Waals surface area (Å²) in [5.74, 6) is -1.89. The zero-order valence-electron chi connectivity index (χ0n) is 12.9. The lowest BCUT2D eigenvalue weighted by molar-refractivity contribution is -0.139. The molecular weight excluding hydrogens is 308 g/mol. The third-order valence-electron chi connectivity index (χ3n) is 3.39. The first-order chi connectivity index (χ1) is 11.6. The van der Waals surface area contributed by atoms with Gasteiger partial charge in [0.1, 0.15) is 6.04 Å². The van der Waals surface area contributed by atoms with Gasteiger partial charge in [0.05, 0.1) is 0 Å². The number of benzene rings is 2. The van der Waals surface area contributed by atoms with Crippen molar-refractivity contribution in [1.29, 1.82) is 0 Å². The van der Waals surface area contributed by atoms with Crippen LogP contribution in [0.2, 0.25) is 0 Å². The average molecular weight is 326 g/mol. The highest BCUT2D eigenvalue weighted by Crippen LogP contribution is 2.02. The molecule has 2 amide bonds.